The van der Waals surface area contributed by atoms with E-state index in [0.717, 1.165) is 6.42 Å². The minimum atomic E-state index is -0.395. The van der Waals surface area contributed by atoms with E-state index >= 15 is 0 Å². The minimum absolute atomic E-state index is 0.0692. The van der Waals surface area contributed by atoms with Crippen molar-refractivity contribution in [2.24, 2.45) is 17.6 Å². The van der Waals surface area contributed by atoms with Gasteiger partial charge in [-0.05, 0) is 30.0 Å². The zero-order chi connectivity index (χ0) is 13.7. The summed E-state index contributed by atoms with van der Waals surface area (Å²) in [5.74, 6) is -0.0502. The first kappa shape index (κ1) is 15.1. The topological polar surface area (TPSA) is 43.1 Å². The summed E-state index contributed by atoms with van der Waals surface area (Å²) in [6, 6.07) is 4.09. The summed E-state index contributed by atoms with van der Waals surface area (Å²) in [4.78, 5) is 12.1. The number of carbonyl (C=O) groups excluding carboxylic acids is 1. The first-order valence-corrected chi connectivity index (χ1v) is 6.48. The minimum Gasteiger partial charge on any atom is -0.330 e. The van der Waals surface area contributed by atoms with Crippen LogP contribution in [-0.4, -0.2) is 12.3 Å². The van der Waals surface area contributed by atoms with Crippen LogP contribution in [0, 0.1) is 17.7 Å². The molecule has 1 unspecified atom stereocenters. The van der Waals surface area contributed by atoms with E-state index in [1.807, 2.05) is 0 Å². The molecular weight excluding hydrogens is 253 g/mol. The van der Waals surface area contributed by atoms with Gasteiger partial charge in [-0.1, -0.05) is 31.5 Å². The highest BCUT2D eigenvalue weighted by Gasteiger charge is 2.19. The summed E-state index contributed by atoms with van der Waals surface area (Å²) < 4.78 is 12.9. The Morgan fingerprint density at radius 3 is 2.61 bits per heavy atom. The van der Waals surface area contributed by atoms with Gasteiger partial charge in [0, 0.05) is 23.9 Å². The largest absolute Gasteiger partial charge is 0.330 e. The molecule has 1 aromatic carbocycles. The van der Waals surface area contributed by atoms with E-state index in [1.165, 1.54) is 12.1 Å². The fourth-order valence-electron chi connectivity index (χ4n) is 1.93. The Hall–Kier alpha value is -0.930. The molecule has 0 spiro atoms. The Balaban J connectivity index is 2.73. The average Bonchev–Trinajstić information content (AvgIpc) is 2.29. The lowest BCUT2D eigenvalue weighted by atomic mass is 9.90. The van der Waals surface area contributed by atoms with Crippen LogP contribution in [0.3, 0.4) is 0 Å². The number of hydrogen-bond acceptors (Lipinski definition) is 2. The molecule has 2 nitrogen and oxygen atoms in total. The molecule has 0 aromatic heterocycles. The highest BCUT2D eigenvalue weighted by atomic mass is 35.5. The zero-order valence-electron chi connectivity index (χ0n) is 10.7. The number of Topliss-reactive ketones (excluding diaryl/α,β-unsaturated/α-hetero) is 1. The fourth-order valence-corrected chi connectivity index (χ4v) is 2.16. The maximum absolute atomic E-state index is 12.9. The van der Waals surface area contributed by atoms with Crippen LogP contribution in [0.25, 0.3) is 0 Å². The van der Waals surface area contributed by atoms with Crippen LogP contribution in [0.1, 0.15) is 25.8 Å². The molecule has 4 heteroatoms. The van der Waals surface area contributed by atoms with Gasteiger partial charge in [-0.25, -0.2) is 4.39 Å². The van der Waals surface area contributed by atoms with E-state index < -0.39 is 5.82 Å². The van der Waals surface area contributed by atoms with Gasteiger partial charge in [0.25, 0.3) is 0 Å². The summed E-state index contributed by atoms with van der Waals surface area (Å²) in [6.07, 6.45) is 0.988. The first-order valence-electron chi connectivity index (χ1n) is 6.10. The molecule has 0 fully saturated rings. The molecule has 0 amide bonds. The van der Waals surface area contributed by atoms with Crippen LogP contribution in [0.5, 0.6) is 0 Å². The summed E-state index contributed by atoms with van der Waals surface area (Å²) in [6.45, 7) is 4.46. The highest BCUT2D eigenvalue weighted by Crippen LogP contribution is 2.20. The van der Waals surface area contributed by atoms with E-state index in [1.54, 1.807) is 6.07 Å². The lowest BCUT2D eigenvalue weighted by Gasteiger charge is -2.16. The van der Waals surface area contributed by atoms with Gasteiger partial charge in [0.1, 0.15) is 11.6 Å². The fraction of sp³-hybridized carbons (Fsp3) is 0.500. The Morgan fingerprint density at radius 1 is 1.44 bits per heavy atom. The van der Waals surface area contributed by atoms with Gasteiger partial charge in [-0.3, -0.25) is 4.79 Å². The maximum Gasteiger partial charge on any atom is 0.141 e. The normalized spacial score (nSPS) is 12.8. The number of halogens is 2. The second-order valence-corrected chi connectivity index (χ2v) is 5.35. The van der Waals surface area contributed by atoms with Gasteiger partial charge >= 0.3 is 0 Å². The molecule has 0 aliphatic carbocycles. The third-order valence-corrected chi connectivity index (χ3v) is 3.23. The van der Waals surface area contributed by atoms with Crippen molar-refractivity contribution in [2.75, 3.05) is 6.54 Å². The molecule has 18 heavy (non-hydrogen) atoms. The van der Waals surface area contributed by atoms with Crippen LogP contribution in [0.15, 0.2) is 18.2 Å². The van der Waals surface area contributed by atoms with Crippen molar-refractivity contribution >= 4 is 17.4 Å². The van der Waals surface area contributed by atoms with Crippen molar-refractivity contribution in [3.8, 4) is 0 Å². The monoisotopic (exact) mass is 271 g/mol. The van der Waals surface area contributed by atoms with Gasteiger partial charge in [0.15, 0.2) is 0 Å². The molecule has 100 valence electrons. The summed E-state index contributed by atoms with van der Waals surface area (Å²) in [5, 5.41) is 0.295. The van der Waals surface area contributed by atoms with Gasteiger partial charge < -0.3 is 5.73 Å². The standard InChI is InChI=1S/C14H19ClFNO/c1-9(2)5-11(8-17)14(18)6-10-3-4-12(16)7-13(10)15/h3-4,7,9,11H,5-6,8,17H2,1-2H3. The summed E-state index contributed by atoms with van der Waals surface area (Å²) in [5.41, 5.74) is 6.28. The van der Waals surface area contributed by atoms with E-state index in [0.29, 0.717) is 23.0 Å². The first-order chi connectivity index (χ1) is 8.43. The number of benzene rings is 1. The molecule has 1 atom stereocenters. The van der Waals surface area contributed by atoms with E-state index in [2.05, 4.69) is 13.8 Å². The summed E-state index contributed by atoms with van der Waals surface area (Å²) in [7, 11) is 0. The Morgan fingerprint density at radius 2 is 2.11 bits per heavy atom. The van der Waals surface area contributed by atoms with Crippen molar-refractivity contribution in [3.05, 3.63) is 34.6 Å². The smallest absolute Gasteiger partial charge is 0.141 e. The van der Waals surface area contributed by atoms with Crippen LogP contribution in [-0.2, 0) is 11.2 Å². The van der Waals surface area contributed by atoms with Crippen LogP contribution in [0.4, 0.5) is 4.39 Å². The summed E-state index contributed by atoms with van der Waals surface area (Å²) >= 11 is 5.90. The molecule has 0 aliphatic rings. The zero-order valence-corrected chi connectivity index (χ0v) is 11.5. The van der Waals surface area contributed by atoms with Gasteiger partial charge in [-0.15, -0.1) is 0 Å². The lowest BCUT2D eigenvalue weighted by Crippen LogP contribution is -2.26. The molecule has 1 rings (SSSR count). The number of carbonyl (C=O) groups is 1. The van der Waals surface area contributed by atoms with Gasteiger partial charge in [0.05, 0.1) is 0 Å². The molecule has 0 saturated heterocycles. The average molecular weight is 272 g/mol. The number of ketones is 1. The molecule has 1 aromatic rings. The predicted molar refractivity (Wildman–Crippen MR) is 72.1 cm³/mol. The van der Waals surface area contributed by atoms with Crippen molar-refractivity contribution in [1.82, 2.24) is 0 Å². The molecule has 2 N–H and O–H groups in total. The van der Waals surface area contributed by atoms with Crippen LogP contribution >= 0.6 is 11.6 Å². The van der Waals surface area contributed by atoms with E-state index in [-0.39, 0.29) is 18.1 Å². The van der Waals surface area contributed by atoms with Crippen molar-refractivity contribution in [3.63, 3.8) is 0 Å². The Labute approximate surface area is 112 Å². The van der Waals surface area contributed by atoms with Crippen molar-refractivity contribution in [1.29, 1.82) is 0 Å². The third-order valence-electron chi connectivity index (χ3n) is 2.88. The number of hydrogen-bond donors (Lipinski definition) is 1. The molecule has 0 heterocycles. The molecule has 0 saturated carbocycles. The number of rotatable bonds is 6. The maximum atomic E-state index is 12.9. The van der Waals surface area contributed by atoms with E-state index in [9.17, 15) is 9.18 Å². The number of nitrogens with two attached hydrogens (primary N) is 1. The second-order valence-electron chi connectivity index (χ2n) is 4.94. The second kappa shape index (κ2) is 6.86. The van der Waals surface area contributed by atoms with Crippen LogP contribution < -0.4 is 5.73 Å². The molecule has 0 aliphatic heterocycles. The Kier molecular flexibility index (Phi) is 5.76. The molecular formula is C14H19ClFNO. The highest BCUT2D eigenvalue weighted by molar-refractivity contribution is 6.31. The van der Waals surface area contributed by atoms with Gasteiger partial charge in [-0.2, -0.15) is 0 Å². The molecule has 0 radical (unpaired) electrons. The third kappa shape index (κ3) is 4.39. The quantitative estimate of drug-likeness (QED) is 0.863. The van der Waals surface area contributed by atoms with Crippen molar-refractivity contribution < 1.29 is 9.18 Å². The Bertz CT molecular complexity index is 420. The predicted octanol–water partition coefficient (Wildman–Crippen LogP) is 3.21. The van der Waals surface area contributed by atoms with Crippen molar-refractivity contribution in [2.45, 2.75) is 26.7 Å². The lowest BCUT2D eigenvalue weighted by molar-refractivity contribution is -0.122. The molecule has 0 bridgehead atoms. The SMILES string of the molecule is CC(C)CC(CN)C(=O)Cc1ccc(F)cc1Cl. The van der Waals surface area contributed by atoms with Gasteiger partial charge in [0.2, 0.25) is 0 Å². The van der Waals surface area contributed by atoms with E-state index in [4.69, 9.17) is 17.3 Å². The van der Waals surface area contributed by atoms with Crippen LogP contribution in [0.2, 0.25) is 5.02 Å².